The molecule has 1 aliphatic carbocycles. The summed E-state index contributed by atoms with van der Waals surface area (Å²) in [6.45, 7) is 23.5. The second-order valence-electron chi connectivity index (χ2n) is 22.8. The van der Waals surface area contributed by atoms with Crippen LogP contribution in [0.2, 0.25) is 0 Å². The zero-order valence-corrected chi connectivity index (χ0v) is 40.2. The van der Waals surface area contributed by atoms with Crippen LogP contribution in [0.5, 0.6) is 0 Å². The fourth-order valence-electron chi connectivity index (χ4n) is 11.7. The standard InChI is InChI=1S/C62H59BN2O/c1-59(2,3)40-24-27-42(28-25-40)65-53-37-50-49(61(7,8)32-33-62(50,9)10)36-47(53)48-34-39-20-14-15-21-43(39)57-55(48)63(65)56-52(31-29-45-44-22-16-17-23-54(44)66-58(45)56)64(57)51-30-26-41(60(4,5)6)35-46(51)38-18-12-11-13-19-38/h11-31,34-37H,32-33H2,1-10H3. The molecule has 326 valence electrons. The smallest absolute Gasteiger partial charge is 0.336 e. The molecule has 0 spiro atoms. The third kappa shape index (κ3) is 6.02. The van der Waals surface area contributed by atoms with Gasteiger partial charge in [-0.1, -0.05) is 160 Å². The number of para-hydroxylation sites is 1. The fraction of sp³-hybridized carbons (Fsp3) is 0.258. The van der Waals surface area contributed by atoms with Crippen LogP contribution in [0.3, 0.4) is 0 Å². The Balaban J connectivity index is 1.28. The van der Waals surface area contributed by atoms with Crippen molar-refractivity contribution in [2.24, 2.45) is 0 Å². The van der Waals surface area contributed by atoms with Crippen molar-refractivity contribution in [3.63, 3.8) is 0 Å². The first-order valence-electron chi connectivity index (χ1n) is 24.1. The van der Waals surface area contributed by atoms with Crippen molar-refractivity contribution in [2.45, 2.75) is 104 Å². The molecule has 0 unspecified atom stereocenters. The second-order valence-corrected chi connectivity index (χ2v) is 22.8. The van der Waals surface area contributed by atoms with Gasteiger partial charge in [-0.05, 0) is 139 Å². The third-order valence-corrected chi connectivity index (χ3v) is 15.6. The maximum absolute atomic E-state index is 7.25. The summed E-state index contributed by atoms with van der Waals surface area (Å²) < 4.78 is 7.25. The predicted molar refractivity (Wildman–Crippen MR) is 283 cm³/mol. The molecular formula is C62H59BN2O. The third-order valence-electron chi connectivity index (χ3n) is 15.6. The van der Waals surface area contributed by atoms with E-state index in [4.69, 9.17) is 4.42 Å². The topological polar surface area (TPSA) is 19.6 Å². The van der Waals surface area contributed by atoms with Crippen LogP contribution in [0.1, 0.15) is 104 Å². The highest BCUT2D eigenvalue weighted by Crippen LogP contribution is 2.55. The lowest BCUT2D eigenvalue weighted by atomic mass is 9.42. The van der Waals surface area contributed by atoms with Gasteiger partial charge in [0.15, 0.2) is 0 Å². The van der Waals surface area contributed by atoms with Crippen molar-refractivity contribution in [3.05, 3.63) is 174 Å². The molecule has 12 rings (SSSR count). The van der Waals surface area contributed by atoms with Crippen LogP contribution >= 0.6 is 0 Å². The lowest BCUT2D eigenvalue weighted by molar-refractivity contribution is 0.332. The zero-order chi connectivity index (χ0) is 45.7. The molecule has 0 atom stereocenters. The predicted octanol–water partition coefficient (Wildman–Crippen LogP) is 16.1. The maximum atomic E-state index is 7.25. The van der Waals surface area contributed by atoms with E-state index in [1.807, 2.05) is 0 Å². The summed E-state index contributed by atoms with van der Waals surface area (Å²) in [5.74, 6) is 0. The Bertz CT molecular complexity index is 3450. The first-order valence-corrected chi connectivity index (χ1v) is 24.1. The van der Waals surface area contributed by atoms with Crippen LogP contribution in [0.25, 0.3) is 55.0 Å². The molecule has 4 heteroatoms. The molecule has 3 heterocycles. The Kier molecular flexibility index (Phi) is 8.69. The van der Waals surface area contributed by atoms with E-state index in [2.05, 4.69) is 231 Å². The second kappa shape index (κ2) is 14.0. The first-order chi connectivity index (χ1) is 31.5. The summed E-state index contributed by atoms with van der Waals surface area (Å²) in [4.78, 5) is 5.32. The van der Waals surface area contributed by atoms with E-state index in [0.29, 0.717) is 0 Å². The number of anilines is 5. The van der Waals surface area contributed by atoms with E-state index >= 15 is 0 Å². The van der Waals surface area contributed by atoms with Crippen LogP contribution in [-0.2, 0) is 21.7 Å². The molecule has 3 aliphatic rings. The fourth-order valence-corrected chi connectivity index (χ4v) is 11.7. The van der Waals surface area contributed by atoms with Crippen LogP contribution in [-0.4, -0.2) is 6.85 Å². The quantitative estimate of drug-likeness (QED) is 0.165. The number of nitrogens with zero attached hydrogens (tertiary/aromatic N) is 2. The van der Waals surface area contributed by atoms with Gasteiger partial charge in [0.1, 0.15) is 11.2 Å². The van der Waals surface area contributed by atoms with Gasteiger partial charge in [0, 0.05) is 49.8 Å². The van der Waals surface area contributed by atoms with Gasteiger partial charge in [-0.2, -0.15) is 0 Å². The van der Waals surface area contributed by atoms with Gasteiger partial charge in [0.05, 0.1) is 11.4 Å². The Morgan fingerprint density at radius 2 is 1.12 bits per heavy atom. The minimum Gasteiger partial charge on any atom is -0.456 e. The molecule has 0 saturated heterocycles. The van der Waals surface area contributed by atoms with Gasteiger partial charge in [-0.15, -0.1) is 0 Å². The van der Waals surface area contributed by atoms with Gasteiger partial charge < -0.3 is 14.1 Å². The summed E-state index contributed by atoms with van der Waals surface area (Å²) >= 11 is 0. The zero-order valence-electron chi connectivity index (χ0n) is 40.2. The highest BCUT2D eigenvalue weighted by atomic mass is 16.3. The Morgan fingerprint density at radius 3 is 1.83 bits per heavy atom. The van der Waals surface area contributed by atoms with Crippen LogP contribution < -0.4 is 20.6 Å². The number of furan rings is 1. The maximum Gasteiger partial charge on any atom is 0.336 e. The van der Waals surface area contributed by atoms with Crippen molar-refractivity contribution in [1.82, 2.24) is 0 Å². The minimum atomic E-state index is -0.213. The first kappa shape index (κ1) is 41.0. The summed E-state index contributed by atoms with van der Waals surface area (Å²) in [7, 11) is 0. The van der Waals surface area contributed by atoms with E-state index in [0.717, 1.165) is 46.2 Å². The van der Waals surface area contributed by atoms with E-state index in [-0.39, 0.29) is 28.5 Å². The van der Waals surface area contributed by atoms with Crippen molar-refractivity contribution in [3.8, 4) is 22.3 Å². The summed E-state index contributed by atoms with van der Waals surface area (Å²) in [5.41, 5.74) is 20.9. The van der Waals surface area contributed by atoms with Crippen molar-refractivity contribution >= 4 is 78.9 Å². The number of benzene rings is 8. The van der Waals surface area contributed by atoms with Crippen molar-refractivity contribution in [2.75, 3.05) is 9.71 Å². The van der Waals surface area contributed by atoms with Gasteiger partial charge in [0.25, 0.3) is 0 Å². The van der Waals surface area contributed by atoms with E-state index < -0.39 is 0 Å². The Labute approximate surface area is 391 Å². The molecule has 2 aliphatic heterocycles. The molecule has 66 heavy (non-hydrogen) atoms. The number of hydrogen-bond donors (Lipinski definition) is 0. The lowest BCUT2D eigenvalue weighted by Gasteiger charge is -2.48. The molecule has 0 fully saturated rings. The van der Waals surface area contributed by atoms with Crippen molar-refractivity contribution in [1.29, 1.82) is 0 Å². The molecule has 0 amide bonds. The molecule has 1 aromatic heterocycles. The molecule has 0 bridgehead atoms. The number of hydrogen-bond acceptors (Lipinski definition) is 3. The lowest BCUT2D eigenvalue weighted by Crippen LogP contribution is -2.62. The van der Waals surface area contributed by atoms with E-state index in [1.165, 1.54) is 83.3 Å². The molecule has 9 aromatic rings. The van der Waals surface area contributed by atoms with Crippen LogP contribution in [0.15, 0.2) is 156 Å². The Morgan fingerprint density at radius 1 is 0.500 bits per heavy atom. The number of rotatable bonds is 3. The van der Waals surface area contributed by atoms with Gasteiger partial charge in [-0.3, -0.25) is 0 Å². The Hall–Kier alpha value is -6.52. The molecule has 8 aromatic carbocycles. The molecular weight excluding hydrogens is 800 g/mol. The van der Waals surface area contributed by atoms with Gasteiger partial charge in [0.2, 0.25) is 0 Å². The van der Waals surface area contributed by atoms with Gasteiger partial charge >= 0.3 is 6.85 Å². The van der Waals surface area contributed by atoms with Gasteiger partial charge in [-0.25, -0.2) is 0 Å². The number of fused-ring (bicyclic) bond motifs is 11. The summed E-state index contributed by atoms with van der Waals surface area (Å²) in [5, 5.41) is 4.76. The average Bonchev–Trinajstić information content (AvgIpc) is 3.69. The highest BCUT2D eigenvalue weighted by Gasteiger charge is 2.49. The van der Waals surface area contributed by atoms with E-state index in [9.17, 15) is 0 Å². The average molecular weight is 859 g/mol. The highest BCUT2D eigenvalue weighted by molar-refractivity contribution is 6.95. The summed E-state index contributed by atoms with van der Waals surface area (Å²) in [6.07, 6.45) is 2.30. The molecule has 0 radical (unpaired) electrons. The van der Waals surface area contributed by atoms with Crippen LogP contribution in [0, 0.1) is 0 Å². The summed E-state index contributed by atoms with van der Waals surface area (Å²) in [6, 6.07) is 57.8. The van der Waals surface area contributed by atoms with Crippen molar-refractivity contribution < 1.29 is 4.42 Å². The molecule has 0 saturated carbocycles. The normalized spacial score (nSPS) is 16.1. The molecule has 3 nitrogen and oxygen atoms in total. The van der Waals surface area contributed by atoms with Crippen LogP contribution in [0.4, 0.5) is 28.4 Å². The largest absolute Gasteiger partial charge is 0.456 e. The molecule has 0 N–H and O–H groups in total. The SMILES string of the molecule is CC(C)(C)c1ccc(N2B3c4c(cc5ccccc5c4N(c4ccc(C(C)(C)C)cc4-c4ccccc4)c4ccc5c(oc6ccccc65)c43)-c3cc4c(cc32)C(C)(C)CCC4(C)C)cc1. The minimum absolute atomic E-state index is 0.0169. The van der Waals surface area contributed by atoms with E-state index in [1.54, 1.807) is 0 Å². The monoisotopic (exact) mass is 858 g/mol.